The zero-order valence-electron chi connectivity index (χ0n) is 12.3. The van der Waals surface area contributed by atoms with Crippen LogP contribution in [0.1, 0.15) is 53.4 Å². The molecule has 1 heterocycles. The summed E-state index contributed by atoms with van der Waals surface area (Å²) in [5, 5.41) is 3.72. The molecule has 0 amide bonds. The molecular weight excluding hydrogens is 208 g/mol. The van der Waals surface area contributed by atoms with Gasteiger partial charge in [-0.3, -0.25) is 0 Å². The monoisotopic (exact) mass is 240 g/mol. The van der Waals surface area contributed by atoms with Gasteiger partial charge in [-0.1, -0.05) is 20.8 Å². The first-order chi connectivity index (χ1) is 8.13. The molecule has 0 radical (unpaired) electrons. The van der Waals surface area contributed by atoms with Crippen LogP contribution in [0.2, 0.25) is 0 Å². The van der Waals surface area contributed by atoms with Gasteiger partial charge in [0.15, 0.2) is 0 Å². The standard InChI is InChI=1S/C15H32N2/c1-5-17-11-8-15(9-12-17)14(4)16-10-6-7-13(2)3/h13-16H,5-12H2,1-4H3. The van der Waals surface area contributed by atoms with Crippen molar-refractivity contribution in [2.45, 2.75) is 59.4 Å². The lowest BCUT2D eigenvalue weighted by molar-refractivity contribution is 0.169. The molecule has 2 heteroatoms. The molecule has 1 rings (SSSR count). The highest BCUT2D eigenvalue weighted by atomic mass is 15.1. The largest absolute Gasteiger partial charge is 0.314 e. The highest BCUT2D eigenvalue weighted by molar-refractivity contribution is 4.79. The van der Waals surface area contributed by atoms with Crippen LogP contribution in [0.4, 0.5) is 0 Å². The van der Waals surface area contributed by atoms with Crippen molar-refractivity contribution in [3.8, 4) is 0 Å². The smallest absolute Gasteiger partial charge is 0.00679 e. The van der Waals surface area contributed by atoms with Gasteiger partial charge in [0.05, 0.1) is 0 Å². The summed E-state index contributed by atoms with van der Waals surface area (Å²) in [5.41, 5.74) is 0. The van der Waals surface area contributed by atoms with Gasteiger partial charge in [0.1, 0.15) is 0 Å². The summed E-state index contributed by atoms with van der Waals surface area (Å²) in [7, 11) is 0. The van der Waals surface area contributed by atoms with Gasteiger partial charge in [-0.05, 0) is 70.6 Å². The molecule has 1 atom stereocenters. The fraction of sp³-hybridized carbons (Fsp3) is 1.00. The van der Waals surface area contributed by atoms with Gasteiger partial charge in [0, 0.05) is 6.04 Å². The van der Waals surface area contributed by atoms with E-state index in [1.165, 1.54) is 51.9 Å². The number of piperidine rings is 1. The quantitative estimate of drug-likeness (QED) is 0.688. The van der Waals surface area contributed by atoms with Crippen molar-refractivity contribution >= 4 is 0 Å². The van der Waals surface area contributed by atoms with Crippen LogP contribution in [0.5, 0.6) is 0 Å². The molecule has 102 valence electrons. The van der Waals surface area contributed by atoms with E-state index in [-0.39, 0.29) is 0 Å². The summed E-state index contributed by atoms with van der Waals surface area (Å²) in [6.45, 7) is 14.3. The van der Waals surface area contributed by atoms with E-state index in [4.69, 9.17) is 0 Å². The molecule has 1 saturated heterocycles. The molecule has 1 N–H and O–H groups in total. The van der Waals surface area contributed by atoms with Crippen molar-refractivity contribution < 1.29 is 0 Å². The molecule has 0 aromatic rings. The minimum atomic E-state index is 0.709. The number of hydrogen-bond donors (Lipinski definition) is 1. The van der Waals surface area contributed by atoms with Gasteiger partial charge in [0.25, 0.3) is 0 Å². The number of nitrogens with zero attached hydrogens (tertiary/aromatic N) is 1. The molecule has 1 aliphatic rings. The number of nitrogens with one attached hydrogen (secondary N) is 1. The molecule has 0 aliphatic carbocycles. The Morgan fingerprint density at radius 2 is 1.82 bits per heavy atom. The van der Waals surface area contributed by atoms with Crippen molar-refractivity contribution in [2.24, 2.45) is 11.8 Å². The zero-order valence-corrected chi connectivity index (χ0v) is 12.3. The highest BCUT2D eigenvalue weighted by Gasteiger charge is 2.22. The first-order valence-corrected chi connectivity index (χ1v) is 7.59. The van der Waals surface area contributed by atoms with Crippen LogP contribution in [-0.4, -0.2) is 37.1 Å². The minimum Gasteiger partial charge on any atom is -0.314 e. The first-order valence-electron chi connectivity index (χ1n) is 7.59. The zero-order chi connectivity index (χ0) is 12.7. The maximum Gasteiger partial charge on any atom is 0.00679 e. The lowest BCUT2D eigenvalue weighted by Crippen LogP contribution is -2.42. The van der Waals surface area contributed by atoms with Crippen LogP contribution >= 0.6 is 0 Å². The maximum absolute atomic E-state index is 3.72. The summed E-state index contributed by atoms with van der Waals surface area (Å²) >= 11 is 0. The van der Waals surface area contributed by atoms with Crippen molar-refractivity contribution in [1.82, 2.24) is 10.2 Å². The Kier molecular flexibility index (Phi) is 7.14. The van der Waals surface area contributed by atoms with E-state index in [9.17, 15) is 0 Å². The first kappa shape index (κ1) is 15.0. The van der Waals surface area contributed by atoms with Gasteiger partial charge in [-0.15, -0.1) is 0 Å². The predicted molar refractivity (Wildman–Crippen MR) is 76.4 cm³/mol. The van der Waals surface area contributed by atoms with Gasteiger partial charge in [-0.25, -0.2) is 0 Å². The summed E-state index contributed by atoms with van der Waals surface area (Å²) in [5.74, 6) is 1.75. The molecule has 0 spiro atoms. The topological polar surface area (TPSA) is 15.3 Å². The van der Waals surface area contributed by atoms with Crippen LogP contribution in [0.15, 0.2) is 0 Å². The molecular formula is C15H32N2. The second-order valence-corrected chi connectivity index (χ2v) is 6.05. The molecule has 17 heavy (non-hydrogen) atoms. The third kappa shape index (κ3) is 5.87. The Hall–Kier alpha value is -0.0800. The second kappa shape index (κ2) is 8.10. The van der Waals surface area contributed by atoms with Gasteiger partial charge < -0.3 is 10.2 Å². The Labute approximate surface area is 108 Å². The molecule has 0 aromatic heterocycles. The Morgan fingerprint density at radius 3 is 2.35 bits per heavy atom. The van der Waals surface area contributed by atoms with E-state index in [1.807, 2.05) is 0 Å². The van der Waals surface area contributed by atoms with Crippen LogP contribution in [0, 0.1) is 11.8 Å². The van der Waals surface area contributed by atoms with Gasteiger partial charge in [-0.2, -0.15) is 0 Å². The average molecular weight is 240 g/mol. The SMILES string of the molecule is CCN1CCC(C(C)NCCCC(C)C)CC1. The maximum atomic E-state index is 3.72. The minimum absolute atomic E-state index is 0.709. The molecule has 2 nitrogen and oxygen atoms in total. The molecule has 0 saturated carbocycles. The number of rotatable bonds is 7. The third-order valence-electron chi connectivity index (χ3n) is 4.21. The normalized spacial score (nSPS) is 21.0. The Morgan fingerprint density at radius 1 is 1.18 bits per heavy atom. The fourth-order valence-corrected chi connectivity index (χ4v) is 2.78. The van der Waals surface area contributed by atoms with Crippen molar-refractivity contribution in [2.75, 3.05) is 26.2 Å². The van der Waals surface area contributed by atoms with Crippen molar-refractivity contribution in [3.63, 3.8) is 0 Å². The molecule has 0 bridgehead atoms. The second-order valence-electron chi connectivity index (χ2n) is 6.05. The Bertz CT molecular complexity index is 183. The summed E-state index contributed by atoms with van der Waals surface area (Å²) in [4.78, 5) is 2.57. The van der Waals surface area contributed by atoms with E-state index in [0.717, 1.165) is 11.8 Å². The van der Waals surface area contributed by atoms with Crippen LogP contribution in [0.3, 0.4) is 0 Å². The Balaban J connectivity index is 2.09. The van der Waals surface area contributed by atoms with Crippen LogP contribution in [-0.2, 0) is 0 Å². The van der Waals surface area contributed by atoms with E-state index in [2.05, 4.69) is 37.9 Å². The van der Waals surface area contributed by atoms with Crippen molar-refractivity contribution in [3.05, 3.63) is 0 Å². The summed E-state index contributed by atoms with van der Waals surface area (Å²) in [6, 6.07) is 0.709. The summed E-state index contributed by atoms with van der Waals surface area (Å²) in [6.07, 6.45) is 5.45. The van der Waals surface area contributed by atoms with E-state index >= 15 is 0 Å². The molecule has 0 aromatic carbocycles. The summed E-state index contributed by atoms with van der Waals surface area (Å²) < 4.78 is 0. The molecule has 1 fully saturated rings. The van der Waals surface area contributed by atoms with E-state index < -0.39 is 0 Å². The predicted octanol–water partition coefficient (Wildman–Crippen LogP) is 3.13. The van der Waals surface area contributed by atoms with Crippen molar-refractivity contribution in [1.29, 1.82) is 0 Å². The number of likely N-dealkylation sites (tertiary alicyclic amines) is 1. The van der Waals surface area contributed by atoms with Gasteiger partial charge >= 0.3 is 0 Å². The van der Waals surface area contributed by atoms with Crippen LogP contribution in [0.25, 0.3) is 0 Å². The average Bonchev–Trinajstić information content (AvgIpc) is 2.34. The third-order valence-corrected chi connectivity index (χ3v) is 4.21. The van der Waals surface area contributed by atoms with E-state index in [0.29, 0.717) is 6.04 Å². The van der Waals surface area contributed by atoms with E-state index in [1.54, 1.807) is 0 Å². The molecule has 1 aliphatic heterocycles. The fourth-order valence-electron chi connectivity index (χ4n) is 2.78. The lowest BCUT2D eigenvalue weighted by Gasteiger charge is -2.34. The number of hydrogen-bond acceptors (Lipinski definition) is 2. The molecule has 1 unspecified atom stereocenters. The van der Waals surface area contributed by atoms with Crippen LogP contribution < -0.4 is 5.32 Å². The van der Waals surface area contributed by atoms with Gasteiger partial charge in [0.2, 0.25) is 0 Å². The lowest BCUT2D eigenvalue weighted by atomic mass is 9.90. The highest BCUT2D eigenvalue weighted by Crippen LogP contribution is 2.20.